The van der Waals surface area contributed by atoms with Crippen molar-refractivity contribution in [1.82, 2.24) is 25.0 Å². The second-order valence-electron chi connectivity index (χ2n) is 7.40. The van der Waals surface area contributed by atoms with Gasteiger partial charge in [-0.05, 0) is 62.4 Å². The molecule has 0 saturated heterocycles. The number of nitrogens with one attached hydrogen (secondary N) is 2. The molecule has 5 aromatic rings. The van der Waals surface area contributed by atoms with Crippen molar-refractivity contribution < 1.29 is 4.79 Å². The number of nitrogens with zero attached hydrogens (tertiary/aromatic N) is 4. The first kappa shape index (κ1) is 18.7. The summed E-state index contributed by atoms with van der Waals surface area (Å²) in [6, 6.07) is 23.3. The molecule has 7 heteroatoms. The lowest BCUT2D eigenvalue weighted by Gasteiger charge is -2.06. The van der Waals surface area contributed by atoms with E-state index < -0.39 is 0 Å². The Kier molecular flexibility index (Phi) is 4.55. The predicted octanol–water partition coefficient (Wildman–Crippen LogP) is 4.68. The van der Waals surface area contributed by atoms with Crippen molar-refractivity contribution >= 4 is 22.6 Å². The Morgan fingerprint density at radius 1 is 0.935 bits per heavy atom. The van der Waals surface area contributed by atoms with Crippen LogP contribution in [0.15, 0.2) is 72.8 Å². The number of imidazole rings is 1. The summed E-state index contributed by atoms with van der Waals surface area (Å²) < 4.78 is 1.67. The summed E-state index contributed by atoms with van der Waals surface area (Å²) in [4.78, 5) is 20.7. The molecule has 2 aromatic heterocycles. The van der Waals surface area contributed by atoms with Gasteiger partial charge >= 0.3 is 0 Å². The molecule has 2 heterocycles. The largest absolute Gasteiger partial charge is 0.338 e. The van der Waals surface area contributed by atoms with Crippen LogP contribution in [0.25, 0.3) is 28.1 Å². The topological polar surface area (TPSA) is 88.5 Å². The van der Waals surface area contributed by atoms with E-state index in [1.807, 2.05) is 86.6 Å². The van der Waals surface area contributed by atoms with Crippen molar-refractivity contribution in [3.05, 3.63) is 89.7 Å². The third-order valence-corrected chi connectivity index (χ3v) is 5.19. The lowest BCUT2D eigenvalue weighted by Crippen LogP contribution is -2.14. The van der Waals surface area contributed by atoms with Gasteiger partial charge in [-0.25, -0.2) is 9.67 Å². The number of carbonyl (C=O) groups excluding carboxylic acids is 1. The van der Waals surface area contributed by atoms with Gasteiger partial charge in [-0.2, -0.15) is 0 Å². The third kappa shape index (κ3) is 3.57. The molecule has 0 saturated carbocycles. The highest BCUT2D eigenvalue weighted by molar-refractivity contribution is 6.03. The predicted molar refractivity (Wildman–Crippen MR) is 120 cm³/mol. The van der Waals surface area contributed by atoms with Crippen LogP contribution < -0.4 is 5.32 Å². The molecule has 0 bridgehead atoms. The Bertz CT molecular complexity index is 1350. The van der Waals surface area contributed by atoms with Crippen molar-refractivity contribution in [1.29, 1.82) is 0 Å². The van der Waals surface area contributed by atoms with E-state index in [0.29, 0.717) is 17.1 Å². The molecule has 0 fully saturated rings. The number of aromatic amines is 1. The highest BCUT2D eigenvalue weighted by Crippen LogP contribution is 2.22. The number of carbonyl (C=O) groups is 1. The van der Waals surface area contributed by atoms with Crippen LogP contribution in [0, 0.1) is 13.8 Å². The van der Waals surface area contributed by atoms with E-state index in [1.165, 1.54) is 0 Å². The van der Waals surface area contributed by atoms with Crippen LogP contribution in [0.2, 0.25) is 0 Å². The number of anilines is 1. The SMILES string of the molecule is Cc1ccc(-n2nnc(C(=O)Nc3ccc(-c4nc5ccccc5[nH]4)cc3)c2C)cc1. The molecule has 152 valence electrons. The van der Waals surface area contributed by atoms with E-state index >= 15 is 0 Å². The number of hydrogen-bond acceptors (Lipinski definition) is 4. The maximum absolute atomic E-state index is 12.8. The zero-order valence-electron chi connectivity index (χ0n) is 17.1. The summed E-state index contributed by atoms with van der Waals surface area (Å²) in [5.41, 5.74) is 6.52. The van der Waals surface area contributed by atoms with Crippen molar-refractivity contribution in [3.63, 3.8) is 0 Å². The van der Waals surface area contributed by atoms with Crippen molar-refractivity contribution in [2.75, 3.05) is 5.32 Å². The molecule has 0 spiro atoms. The van der Waals surface area contributed by atoms with E-state index in [4.69, 9.17) is 0 Å². The highest BCUT2D eigenvalue weighted by Gasteiger charge is 2.17. The lowest BCUT2D eigenvalue weighted by atomic mass is 10.2. The molecule has 7 nitrogen and oxygen atoms in total. The van der Waals surface area contributed by atoms with Gasteiger partial charge in [0, 0.05) is 11.3 Å². The van der Waals surface area contributed by atoms with Crippen molar-refractivity contribution in [3.8, 4) is 17.1 Å². The van der Waals surface area contributed by atoms with Crippen molar-refractivity contribution in [2.45, 2.75) is 13.8 Å². The summed E-state index contributed by atoms with van der Waals surface area (Å²) in [5.74, 6) is 0.489. The normalized spacial score (nSPS) is 11.0. The van der Waals surface area contributed by atoms with Gasteiger partial charge in [0.25, 0.3) is 5.91 Å². The zero-order valence-corrected chi connectivity index (χ0v) is 17.1. The van der Waals surface area contributed by atoms with Gasteiger partial charge < -0.3 is 10.3 Å². The first-order valence-corrected chi connectivity index (χ1v) is 9.94. The summed E-state index contributed by atoms with van der Waals surface area (Å²) in [6.45, 7) is 3.86. The second-order valence-corrected chi connectivity index (χ2v) is 7.40. The minimum Gasteiger partial charge on any atom is -0.338 e. The Balaban J connectivity index is 1.34. The number of amides is 1. The van der Waals surface area contributed by atoms with Crippen LogP contribution in [0.4, 0.5) is 5.69 Å². The maximum Gasteiger partial charge on any atom is 0.278 e. The molecule has 0 aliphatic carbocycles. The fourth-order valence-corrected chi connectivity index (χ4v) is 3.46. The van der Waals surface area contributed by atoms with Crippen LogP contribution in [0.3, 0.4) is 0 Å². The number of fused-ring (bicyclic) bond motifs is 1. The average molecular weight is 408 g/mol. The van der Waals surface area contributed by atoms with E-state index in [1.54, 1.807) is 4.68 Å². The smallest absolute Gasteiger partial charge is 0.278 e. The molecule has 0 aliphatic heterocycles. The Morgan fingerprint density at radius 3 is 2.42 bits per heavy atom. The highest BCUT2D eigenvalue weighted by atomic mass is 16.2. The number of aromatic nitrogens is 5. The Labute approximate surface area is 178 Å². The van der Waals surface area contributed by atoms with E-state index in [-0.39, 0.29) is 5.91 Å². The second kappa shape index (κ2) is 7.53. The summed E-state index contributed by atoms with van der Waals surface area (Å²) in [7, 11) is 0. The number of benzene rings is 3. The van der Waals surface area contributed by atoms with Gasteiger partial charge in [-0.15, -0.1) is 5.10 Å². The molecule has 2 N–H and O–H groups in total. The van der Waals surface area contributed by atoms with Gasteiger partial charge in [-0.1, -0.05) is 35.0 Å². The molecule has 31 heavy (non-hydrogen) atoms. The van der Waals surface area contributed by atoms with E-state index in [9.17, 15) is 4.79 Å². The first-order valence-electron chi connectivity index (χ1n) is 9.94. The molecule has 0 aliphatic rings. The van der Waals surface area contributed by atoms with Gasteiger partial charge in [-0.3, -0.25) is 4.79 Å². The monoisotopic (exact) mass is 408 g/mol. The van der Waals surface area contributed by atoms with Gasteiger partial charge in [0.05, 0.1) is 22.4 Å². The minimum absolute atomic E-state index is 0.293. The summed E-state index contributed by atoms with van der Waals surface area (Å²) in [5, 5.41) is 11.1. The van der Waals surface area contributed by atoms with Crippen LogP contribution in [0.1, 0.15) is 21.7 Å². The first-order chi connectivity index (χ1) is 15.1. The van der Waals surface area contributed by atoms with E-state index in [0.717, 1.165) is 33.7 Å². The Morgan fingerprint density at radius 2 is 1.68 bits per heavy atom. The molecule has 5 rings (SSSR count). The average Bonchev–Trinajstić information content (AvgIpc) is 3.38. The van der Waals surface area contributed by atoms with Gasteiger partial charge in [0.1, 0.15) is 5.82 Å². The van der Waals surface area contributed by atoms with Gasteiger partial charge in [0.2, 0.25) is 0 Å². The van der Waals surface area contributed by atoms with E-state index in [2.05, 4.69) is 25.6 Å². The van der Waals surface area contributed by atoms with Gasteiger partial charge in [0.15, 0.2) is 5.69 Å². The van der Waals surface area contributed by atoms with Crippen LogP contribution in [-0.2, 0) is 0 Å². The summed E-state index contributed by atoms with van der Waals surface area (Å²) in [6.07, 6.45) is 0. The number of rotatable bonds is 4. The zero-order chi connectivity index (χ0) is 21.4. The quantitative estimate of drug-likeness (QED) is 0.452. The molecule has 3 aromatic carbocycles. The number of para-hydroxylation sites is 2. The maximum atomic E-state index is 12.8. The fraction of sp³-hybridized carbons (Fsp3) is 0.0833. The standard InChI is InChI=1S/C24H20N6O/c1-15-7-13-19(14-8-15)30-16(2)22(28-29-30)24(31)25-18-11-9-17(10-12-18)23-26-20-5-3-4-6-21(20)27-23/h3-14H,1-2H3,(H,25,31)(H,26,27). The Hall–Kier alpha value is -4.26. The minimum atomic E-state index is -0.299. The summed E-state index contributed by atoms with van der Waals surface area (Å²) >= 11 is 0. The lowest BCUT2D eigenvalue weighted by molar-refractivity contribution is 0.102. The fourth-order valence-electron chi connectivity index (χ4n) is 3.46. The molecule has 0 unspecified atom stereocenters. The molecular formula is C24H20N6O. The van der Waals surface area contributed by atoms with Crippen LogP contribution in [-0.4, -0.2) is 30.9 Å². The van der Waals surface area contributed by atoms with Crippen LogP contribution in [0.5, 0.6) is 0 Å². The number of H-pyrrole nitrogens is 1. The number of hydrogen-bond donors (Lipinski definition) is 2. The molecular weight excluding hydrogens is 388 g/mol. The third-order valence-electron chi connectivity index (χ3n) is 5.19. The number of aryl methyl sites for hydroxylation is 1. The van der Waals surface area contributed by atoms with Crippen LogP contribution >= 0.6 is 0 Å². The molecule has 1 amide bonds. The molecule has 0 atom stereocenters. The molecule has 0 radical (unpaired) electrons. The van der Waals surface area contributed by atoms with Crippen molar-refractivity contribution in [2.24, 2.45) is 0 Å².